The number of rotatable bonds is 6. The van der Waals surface area contributed by atoms with Gasteiger partial charge in [-0.1, -0.05) is 6.07 Å². The summed E-state index contributed by atoms with van der Waals surface area (Å²) in [6.07, 6.45) is 1.25. The van der Waals surface area contributed by atoms with Crippen molar-refractivity contribution in [2.24, 2.45) is 0 Å². The lowest BCUT2D eigenvalue weighted by Crippen LogP contribution is -2.59. The minimum absolute atomic E-state index is 0.0119. The van der Waals surface area contributed by atoms with Gasteiger partial charge < -0.3 is 24.6 Å². The number of fused-ring (bicyclic) bond motifs is 1. The minimum Gasteiger partial charge on any atom is -0.481 e. The molecule has 7 nitrogen and oxygen atoms in total. The van der Waals surface area contributed by atoms with Crippen molar-refractivity contribution in [2.75, 3.05) is 49.8 Å². The van der Waals surface area contributed by atoms with E-state index in [1.807, 2.05) is 15.9 Å². The lowest BCUT2D eigenvalue weighted by atomic mass is 10.1. The Labute approximate surface area is 185 Å². The summed E-state index contributed by atoms with van der Waals surface area (Å²) in [5, 5.41) is 3.49. The van der Waals surface area contributed by atoms with E-state index in [0.29, 0.717) is 61.1 Å². The smallest absolute Gasteiger partial charge is 0.213 e. The molecule has 1 N–H and O–H groups in total. The van der Waals surface area contributed by atoms with Crippen molar-refractivity contribution in [1.29, 1.82) is 0 Å². The van der Waals surface area contributed by atoms with Gasteiger partial charge >= 0.3 is 0 Å². The molecule has 2 aliphatic rings. The molecule has 0 spiro atoms. The van der Waals surface area contributed by atoms with Crippen LogP contribution in [0, 0.1) is 18.6 Å². The summed E-state index contributed by atoms with van der Waals surface area (Å²) in [5.74, 6) is -0.170. The van der Waals surface area contributed by atoms with E-state index in [4.69, 9.17) is 9.47 Å². The zero-order chi connectivity index (χ0) is 22.2. The highest BCUT2D eigenvalue weighted by Gasteiger charge is 2.32. The van der Waals surface area contributed by atoms with Gasteiger partial charge in [-0.3, -0.25) is 4.98 Å². The molecule has 2 saturated heterocycles. The summed E-state index contributed by atoms with van der Waals surface area (Å²) in [6, 6.07) is 8.96. The highest BCUT2D eigenvalue weighted by atomic mass is 19.1. The average Bonchev–Trinajstić information content (AvgIpc) is 3.24. The number of pyridine rings is 2. The fraction of sp³-hybridized carbons (Fsp3) is 0.391. The molecular weight excluding hydrogens is 416 g/mol. The fourth-order valence-corrected chi connectivity index (χ4v) is 4.14. The average molecular weight is 441 g/mol. The van der Waals surface area contributed by atoms with Crippen LogP contribution in [0.25, 0.3) is 11.0 Å². The Bertz CT molecular complexity index is 1140. The number of hydrogen-bond donors (Lipinski definition) is 1. The number of ether oxygens (including phenoxy) is 2. The zero-order valence-electron chi connectivity index (χ0n) is 18.0. The number of aromatic nitrogens is 2. The van der Waals surface area contributed by atoms with Gasteiger partial charge in [-0.15, -0.1) is 0 Å². The molecule has 0 bridgehead atoms. The molecular formula is C23H25F2N5O2. The van der Waals surface area contributed by atoms with Crippen molar-refractivity contribution in [2.45, 2.75) is 19.1 Å². The van der Waals surface area contributed by atoms with Crippen LogP contribution in [0.4, 0.5) is 20.2 Å². The summed E-state index contributed by atoms with van der Waals surface area (Å²) < 4.78 is 39.5. The third-order valence-corrected chi connectivity index (χ3v) is 6.07. The van der Waals surface area contributed by atoms with Gasteiger partial charge in [0, 0.05) is 44.0 Å². The summed E-state index contributed by atoms with van der Waals surface area (Å²) >= 11 is 0. The van der Waals surface area contributed by atoms with Gasteiger partial charge in [0.2, 0.25) is 5.88 Å². The lowest BCUT2D eigenvalue weighted by Gasteiger charge is -2.42. The van der Waals surface area contributed by atoms with Crippen LogP contribution in [0.2, 0.25) is 0 Å². The Morgan fingerprint density at radius 3 is 2.75 bits per heavy atom. The molecule has 168 valence electrons. The summed E-state index contributed by atoms with van der Waals surface area (Å²) in [4.78, 5) is 12.5. The normalized spacial score (nSPS) is 18.9. The molecule has 9 heteroatoms. The van der Waals surface area contributed by atoms with Crippen molar-refractivity contribution < 1.29 is 18.3 Å². The van der Waals surface area contributed by atoms with Gasteiger partial charge in [0.05, 0.1) is 24.9 Å². The third kappa shape index (κ3) is 3.93. The number of anilines is 2. The van der Waals surface area contributed by atoms with Gasteiger partial charge in [0.1, 0.15) is 23.8 Å². The Morgan fingerprint density at radius 2 is 1.97 bits per heavy atom. The van der Waals surface area contributed by atoms with E-state index in [9.17, 15) is 8.78 Å². The van der Waals surface area contributed by atoms with Gasteiger partial charge in [0.25, 0.3) is 0 Å². The van der Waals surface area contributed by atoms with E-state index in [1.54, 1.807) is 31.2 Å². The van der Waals surface area contributed by atoms with Crippen LogP contribution >= 0.6 is 0 Å². The molecule has 0 saturated carbocycles. The number of methoxy groups -OCH3 is 1. The van der Waals surface area contributed by atoms with Crippen molar-refractivity contribution >= 4 is 22.4 Å². The van der Waals surface area contributed by atoms with E-state index in [2.05, 4.69) is 15.3 Å². The largest absolute Gasteiger partial charge is 0.481 e. The van der Waals surface area contributed by atoms with E-state index >= 15 is 0 Å². The monoisotopic (exact) mass is 441 g/mol. The maximum absolute atomic E-state index is 14.6. The highest BCUT2D eigenvalue weighted by molar-refractivity contribution is 5.89. The maximum Gasteiger partial charge on any atom is 0.213 e. The first-order valence-corrected chi connectivity index (χ1v) is 10.6. The Kier molecular flexibility index (Phi) is 5.52. The number of halogens is 2. The lowest BCUT2D eigenvalue weighted by molar-refractivity contribution is 0.111. The second-order valence-electron chi connectivity index (χ2n) is 8.26. The molecule has 32 heavy (non-hydrogen) atoms. The van der Waals surface area contributed by atoms with Crippen LogP contribution in [-0.2, 0) is 4.74 Å². The molecule has 3 aromatic rings. The quantitative estimate of drug-likeness (QED) is 0.631. The predicted octanol–water partition coefficient (Wildman–Crippen LogP) is 2.87. The number of hydrogen-bond acceptors (Lipinski definition) is 7. The molecule has 0 unspecified atom stereocenters. The van der Waals surface area contributed by atoms with Crippen molar-refractivity contribution in [3.63, 3.8) is 0 Å². The van der Waals surface area contributed by atoms with Crippen LogP contribution in [0.1, 0.15) is 5.56 Å². The molecule has 4 heterocycles. The molecule has 2 aromatic heterocycles. The summed E-state index contributed by atoms with van der Waals surface area (Å²) in [5.41, 5.74) is 3.05. The van der Waals surface area contributed by atoms with Gasteiger partial charge in [-0.2, -0.15) is 0 Å². The van der Waals surface area contributed by atoms with Crippen molar-refractivity contribution in [3.8, 4) is 5.88 Å². The first-order valence-electron chi connectivity index (χ1n) is 10.6. The first kappa shape index (κ1) is 20.8. The molecule has 2 aliphatic heterocycles. The Morgan fingerprint density at radius 1 is 1.12 bits per heavy atom. The van der Waals surface area contributed by atoms with Gasteiger partial charge in [-0.25, -0.2) is 13.8 Å². The number of aryl methyl sites for hydroxylation is 1. The topological polar surface area (TPSA) is 62.8 Å². The Balaban J connectivity index is 1.17. The zero-order valence-corrected chi connectivity index (χ0v) is 18.0. The van der Waals surface area contributed by atoms with Crippen LogP contribution in [-0.4, -0.2) is 62.1 Å². The van der Waals surface area contributed by atoms with Crippen molar-refractivity contribution in [1.82, 2.24) is 15.3 Å². The summed E-state index contributed by atoms with van der Waals surface area (Å²) in [7, 11) is 1.53. The molecule has 2 fully saturated rings. The van der Waals surface area contributed by atoms with Gasteiger partial charge in [0.15, 0.2) is 5.82 Å². The number of benzene rings is 1. The van der Waals surface area contributed by atoms with Crippen LogP contribution < -0.4 is 19.9 Å². The van der Waals surface area contributed by atoms with E-state index < -0.39 is 5.82 Å². The van der Waals surface area contributed by atoms with Crippen LogP contribution in [0.5, 0.6) is 5.88 Å². The second-order valence-corrected chi connectivity index (χ2v) is 8.26. The minimum atomic E-state index is -0.392. The van der Waals surface area contributed by atoms with E-state index in [-0.39, 0.29) is 18.0 Å². The first-order chi connectivity index (χ1) is 15.5. The molecule has 0 aliphatic carbocycles. The van der Waals surface area contributed by atoms with Crippen molar-refractivity contribution in [3.05, 3.63) is 53.7 Å². The van der Waals surface area contributed by atoms with Gasteiger partial charge in [-0.05, 0) is 30.7 Å². The number of nitrogens with one attached hydrogen (secondary N) is 1. The SMILES string of the molecule is COc1ccc2ncc(F)c(N3CC(NC[C@@H]4CN(c5ccc(C)c(F)c5)CO4)C3)c2n1. The predicted molar refractivity (Wildman–Crippen MR) is 118 cm³/mol. The molecule has 5 rings (SSSR count). The highest BCUT2D eigenvalue weighted by Crippen LogP contribution is 2.32. The van der Waals surface area contributed by atoms with Crippen LogP contribution in [0.15, 0.2) is 36.5 Å². The van der Waals surface area contributed by atoms with E-state index in [1.165, 1.54) is 13.3 Å². The Hall–Kier alpha value is -3.04. The summed E-state index contributed by atoms with van der Waals surface area (Å²) in [6.45, 7) is 4.88. The fourth-order valence-electron chi connectivity index (χ4n) is 4.14. The molecule has 1 aromatic carbocycles. The number of nitrogens with zero attached hydrogens (tertiary/aromatic N) is 4. The van der Waals surface area contributed by atoms with Crippen LogP contribution in [0.3, 0.4) is 0 Å². The molecule has 0 radical (unpaired) electrons. The van der Waals surface area contributed by atoms with E-state index in [0.717, 1.165) is 5.69 Å². The standard InChI is InChI=1S/C23H25F2N5O2/c1-14-3-4-16(7-18(14)24)30-12-17(32-13-30)8-26-15-10-29(11-15)23-19(25)9-27-20-5-6-21(31-2)28-22(20)23/h3-7,9,15,17,26H,8,10-13H2,1-2H3/t17-/m1/s1. The molecule has 1 atom stereocenters. The third-order valence-electron chi connectivity index (χ3n) is 6.07. The molecule has 0 amide bonds. The maximum atomic E-state index is 14.6. The second kappa shape index (κ2) is 8.48.